The molecule has 0 bridgehead atoms. The molecule has 2 amide bonds. The molecule has 35 heavy (non-hydrogen) atoms. The Bertz CT molecular complexity index is 1170. The minimum atomic E-state index is -0.678. The van der Waals surface area contributed by atoms with Crippen LogP contribution in [0.3, 0.4) is 0 Å². The standard InChI is InChI=1S/C26H28N2O6S/c1-2-33-26(32)27-11-9-18(10-12-27)28-22(20-6-4-14-35-20)21(24(30)25(28)31)23(29)17-7-8-19-16(15-17)5-3-13-34-19/h4,6-8,14-15,18,22,29H,2-3,5,9-13H2,1H3/b23-21-. The van der Waals surface area contributed by atoms with Crippen LogP contribution in [0, 0.1) is 0 Å². The summed E-state index contributed by atoms with van der Waals surface area (Å²) in [6, 6.07) is 8.25. The number of likely N-dealkylation sites (tertiary alicyclic amines) is 2. The molecule has 1 unspecified atom stereocenters. The lowest BCUT2D eigenvalue weighted by Crippen LogP contribution is -2.48. The van der Waals surface area contributed by atoms with E-state index in [0.717, 1.165) is 29.0 Å². The summed E-state index contributed by atoms with van der Waals surface area (Å²) < 4.78 is 10.8. The molecule has 1 N–H and O–H groups in total. The Morgan fingerprint density at radius 3 is 2.74 bits per heavy atom. The van der Waals surface area contributed by atoms with Crippen molar-refractivity contribution in [2.75, 3.05) is 26.3 Å². The topological polar surface area (TPSA) is 96.4 Å². The first-order chi connectivity index (χ1) is 17.0. The Kier molecular flexibility index (Phi) is 6.51. The van der Waals surface area contributed by atoms with Crippen molar-refractivity contribution in [3.63, 3.8) is 0 Å². The number of hydrogen-bond acceptors (Lipinski definition) is 7. The van der Waals surface area contributed by atoms with E-state index in [1.54, 1.807) is 22.8 Å². The summed E-state index contributed by atoms with van der Waals surface area (Å²) in [4.78, 5) is 42.8. The molecule has 0 aliphatic carbocycles. The van der Waals surface area contributed by atoms with Crippen LogP contribution >= 0.6 is 11.3 Å². The number of piperidine rings is 1. The third kappa shape index (κ3) is 4.29. The van der Waals surface area contributed by atoms with E-state index < -0.39 is 17.7 Å². The van der Waals surface area contributed by atoms with Gasteiger partial charge in [0.2, 0.25) is 0 Å². The number of aliphatic hydroxyl groups is 1. The van der Waals surface area contributed by atoms with Crippen LogP contribution < -0.4 is 4.74 Å². The summed E-state index contributed by atoms with van der Waals surface area (Å²) >= 11 is 1.45. The molecule has 3 aliphatic rings. The first-order valence-corrected chi connectivity index (χ1v) is 12.9. The van der Waals surface area contributed by atoms with Crippen LogP contribution in [0.1, 0.15) is 48.2 Å². The highest BCUT2D eigenvalue weighted by molar-refractivity contribution is 7.10. The predicted octanol–water partition coefficient (Wildman–Crippen LogP) is 4.12. The lowest BCUT2D eigenvalue weighted by Gasteiger charge is -2.38. The molecule has 1 aromatic carbocycles. The van der Waals surface area contributed by atoms with Crippen molar-refractivity contribution in [2.45, 2.75) is 44.7 Å². The molecule has 5 rings (SSSR count). The number of carbonyl (C=O) groups excluding carboxylic acids is 3. The Labute approximate surface area is 207 Å². The number of carbonyl (C=O) groups is 3. The van der Waals surface area contributed by atoms with Crippen LogP contribution in [0.25, 0.3) is 5.76 Å². The smallest absolute Gasteiger partial charge is 0.409 e. The third-order valence-corrected chi connectivity index (χ3v) is 7.78. The average Bonchev–Trinajstić information content (AvgIpc) is 3.50. The second-order valence-corrected chi connectivity index (χ2v) is 9.89. The van der Waals surface area contributed by atoms with Gasteiger partial charge in [0, 0.05) is 29.6 Å². The monoisotopic (exact) mass is 496 g/mol. The molecule has 3 aliphatic heterocycles. The number of Topliss-reactive ketones (excluding diaryl/α,β-unsaturated/α-hetero) is 1. The van der Waals surface area contributed by atoms with Gasteiger partial charge < -0.3 is 24.4 Å². The van der Waals surface area contributed by atoms with Crippen molar-refractivity contribution >= 4 is 34.9 Å². The minimum absolute atomic E-state index is 0.113. The van der Waals surface area contributed by atoms with E-state index >= 15 is 0 Å². The summed E-state index contributed by atoms with van der Waals surface area (Å²) in [6.07, 6.45) is 2.42. The van der Waals surface area contributed by atoms with Gasteiger partial charge in [0.15, 0.2) is 0 Å². The lowest BCUT2D eigenvalue weighted by atomic mass is 9.96. The number of fused-ring (bicyclic) bond motifs is 1. The van der Waals surface area contributed by atoms with Crippen LogP contribution in [-0.4, -0.2) is 65.0 Å². The number of aryl methyl sites for hydroxylation is 1. The fourth-order valence-corrected chi connectivity index (χ4v) is 5.99. The fraction of sp³-hybridized carbons (Fsp3) is 0.423. The summed E-state index contributed by atoms with van der Waals surface area (Å²) in [6.45, 7) is 3.61. The number of amides is 2. The highest BCUT2D eigenvalue weighted by Crippen LogP contribution is 2.44. The van der Waals surface area contributed by atoms with Gasteiger partial charge in [-0.25, -0.2) is 4.79 Å². The molecular formula is C26H28N2O6S. The van der Waals surface area contributed by atoms with Gasteiger partial charge in [-0.05, 0) is 67.8 Å². The normalized spacial score (nSPS) is 22.1. The van der Waals surface area contributed by atoms with E-state index in [4.69, 9.17) is 9.47 Å². The van der Waals surface area contributed by atoms with Crippen molar-refractivity contribution in [1.29, 1.82) is 0 Å². The highest BCUT2D eigenvalue weighted by Gasteiger charge is 2.49. The van der Waals surface area contributed by atoms with Gasteiger partial charge in [-0.3, -0.25) is 9.59 Å². The van der Waals surface area contributed by atoms with Crippen LogP contribution in [0.5, 0.6) is 5.75 Å². The summed E-state index contributed by atoms with van der Waals surface area (Å²) in [5.74, 6) is -0.665. The van der Waals surface area contributed by atoms with Crippen LogP contribution in [0.15, 0.2) is 41.3 Å². The molecule has 0 saturated carbocycles. The van der Waals surface area contributed by atoms with Gasteiger partial charge in [-0.15, -0.1) is 11.3 Å². The van der Waals surface area contributed by atoms with Crippen LogP contribution in [0.4, 0.5) is 4.79 Å². The first kappa shape index (κ1) is 23.4. The zero-order chi connectivity index (χ0) is 24.5. The number of rotatable bonds is 4. The molecule has 8 nitrogen and oxygen atoms in total. The molecule has 1 atom stereocenters. The minimum Gasteiger partial charge on any atom is -0.507 e. The van der Waals surface area contributed by atoms with Crippen LogP contribution in [-0.2, 0) is 20.7 Å². The van der Waals surface area contributed by atoms with E-state index in [9.17, 15) is 19.5 Å². The quantitative estimate of drug-likeness (QED) is 0.389. The Hall–Kier alpha value is -3.33. The van der Waals surface area contributed by atoms with Crippen molar-refractivity contribution in [1.82, 2.24) is 9.80 Å². The molecule has 1 aromatic heterocycles. The van der Waals surface area contributed by atoms with Gasteiger partial charge in [-0.2, -0.15) is 0 Å². The second kappa shape index (κ2) is 9.73. The molecule has 0 radical (unpaired) electrons. The first-order valence-electron chi connectivity index (χ1n) is 12.0. The molecule has 2 saturated heterocycles. The van der Waals surface area contributed by atoms with Gasteiger partial charge in [0.25, 0.3) is 11.7 Å². The van der Waals surface area contributed by atoms with Crippen molar-refractivity contribution < 1.29 is 29.0 Å². The second-order valence-electron chi connectivity index (χ2n) is 8.91. The number of ketones is 1. The van der Waals surface area contributed by atoms with Gasteiger partial charge in [0.05, 0.1) is 24.8 Å². The highest BCUT2D eigenvalue weighted by atomic mass is 32.1. The zero-order valence-electron chi connectivity index (χ0n) is 19.6. The number of nitrogens with zero attached hydrogens (tertiary/aromatic N) is 2. The van der Waals surface area contributed by atoms with Gasteiger partial charge in [0.1, 0.15) is 11.5 Å². The van der Waals surface area contributed by atoms with E-state index in [1.165, 1.54) is 11.3 Å². The van der Waals surface area contributed by atoms with E-state index in [2.05, 4.69) is 0 Å². The van der Waals surface area contributed by atoms with Crippen molar-refractivity contribution in [2.24, 2.45) is 0 Å². The van der Waals surface area contributed by atoms with E-state index in [1.807, 2.05) is 29.6 Å². The summed E-state index contributed by atoms with van der Waals surface area (Å²) in [5, 5.41) is 13.2. The number of hydrogen-bond donors (Lipinski definition) is 1. The maximum absolute atomic E-state index is 13.3. The Balaban J connectivity index is 1.49. The van der Waals surface area contributed by atoms with E-state index in [0.29, 0.717) is 44.7 Å². The van der Waals surface area contributed by atoms with E-state index in [-0.39, 0.29) is 23.5 Å². The third-order valence-electron chi connectivity index (χ3n) is 6.86. The molecule has 4 heterocycles. The maximum Gasteiger partial charge on any atom is 0.409 e. The average molecular weight is 497 g/mol. The fourth-order valence-electron chi connectivity index (χ4n) is 5.16. The van der Waals surface area contributed by atoms with Crippen molar-refractivity contribution in [3.8, 4) is 5.75 Å². The Morgan fingerprint density at radius 2 is 2.03 bits per heavy atom. The maximum atomic E-state index is 13.3. The molecule has 9 heteroatoms. The summed E-state index contributed by atoms with van der Waals surface area (Å²) in [7, 11) is 0. The molecule has 2 aromatic rings. The predicted molar refractivity (Wildman–Crippen MR) is 130 cm³/mol. The molecular weight excluding hydrogens is 468 g/mol. The molecule has 2 fully saturated rings. The molecule has 184 valence electrons. The number of ether oxygens (including phenoxy) is 2. The van der Waals surface area contributed by atoms with Crippen molar-refractivity contribution in [3.05, 3.63) is 57.3 Å². The number of aliphatic hydroxyl groups excluding tert-OH is 1. The largest absolute Gasteiger partial charge is 0.507 e. The summed E-state index contributed by atoms with van der Waals surface area (Å²) in [5.41, 5.74) is 1.60. The van der Waals surface area contributed by atoms with Crippen LogP contribution in [0.2, 0.25) is 0 Å². The lowest BCUT2D eigenvalue weighted by molar-refractivity contribution is -0.142. The van der Waals surface area contributed by atoms with Gasteiger partial charge >= 0.3 is 6.09 Å². The Morgan fingerprint density at radius 1 is 1.23 bits per heavy atom. The SMILES string of the molecule is CCOC(=O)N1CCC(N2C(=O)C(=O)/C(=C(\O)c3ccc4c(c3)CCCO4)C2c2cccs2)CC1. The zero-order valence-corrected chi connectivity index (χ0v) is 20.4. The molecule has 0 spiro atoms. The van der Waals surface area contributed by atoms with Gasteiger partial charge in [-0.1, -0.05) is 6.07 Å². The number of thiophene rings is 1. The number of benzene rings is 1.